The van der Waals surface area contributed by atoms with Crippen LogP contribution in [-0.4, -0.2) is 12.5 Å². The maximum Gasteiger partial charge on any atom is 0.416 e. The predicted molar refractivity (Wildman–Crippen MR) is 69.6 cm³/mol. The number of benzene rings is 1. The number of alkyl halides is 3. The van der Waals surface area contributed by atoms with E-state index in [1.807, 2.05) is 6.92 Å². The largest absolute Gasteiger partial charge is 0.416 e. The smallest absolute Gasteiger partial charge is 0.325 e. The molecule has 0 amide bonds. The maximum absolute atomic E-state index is 12.5. The number of rotatable bonds is 4. The third kappa shape index (κ3) is 5.17. The van der Waals surface area contributed by atoms with E-state index in [9.17, 15) is 13.2 Å². The van der Waals surface area contributed by atoms with Crippen LogP contribution in [0.5, 0.6) is 0 Å². The number of halogens is 3. The molecule has 1 aromatic rings. The third-order valence-electron chi connectivity index (χ3n) is 2.37. The van der Waals surface area contributed by atoms with Crippen molar-refractivity contribution in [1.82, 2.24) is 5.43 Å². The summed E-state index contributed by atoms with van der Waals surface area (Å²) < 4.78 is 37.6. The highest BCUT2D eigenvalue weighted by molar-refractivity contribution is 5.93. The maximum atomic E-state index is 12.5. The van der Waals surface area contributed by atoms with Crippen LogP contribution in [0.15, 0.2) is 29.3 Å². The summed E-state index contributed by atoms with van der Waals surface area (Å²) in [6.07, 6.45) is -2.51. The molecule has 7 heteroatoms. The van der Waals surface area contributed by atoms with E-state index in [0.717, 1.165) is 25.0 Å². The number of guanidine groups is 1. The average molecular weight is 274 g/mol. The molecular formula is C12H17F3N4. The number of unbranched alkanes of at least 4 members (excludes halogenated alkanes) is 1. The first-order valence-electron chi connectivity index (χ1n) is 5.92. The minimum absolute atomic E-state index is 0.243. The van der Waals surface area contributed by atoms with Crippen molar-refractivity contribution in [2.45, 2.75) is 25.9 Å². The normalized spacial score (nSPS) is 12.4. The molecule has 4 N–H and O–H groups in total. The lowest BCUT2D eigenvalue weighted by molar-refractivity contribution is -0.137. The Balaban J connectivity index is 2.78. The second-order valence-corrected chi connectivity index (χ2v) is 3.93. The number of aliphatic imine (C=N–C) groups is 1. The zero-order chi connectivity index (χ0) is 14.3. The van der Waals surface area contributed by atoms with Gasteiger partial charge in [0.2, 0.25) is 5.96 Å². The van der Waals surface area contributed by atoms with Crippen LogP contribution in [0.3, 0.4) is 0 Å². The van der Waals surface area contributed by atoms with Crippen LogP contribution in [0.4, 0.5) is 18.9 Å². The number of nitrogens with zero attached hydrogens (tertiary/aromatic N) is 1. The molecule has 106 valence electrons. The number of hydrazine groups is 1. The van der Waals surface area contributed by atoms with Crippen molar-refractivity contribution in [3.63, 3.8) is 0 Å². The highest BCUT2D eigenvalue weighted by Gasteiger charge is 2.30. The summed E-state index contributed by atoms with van der Waals surface area (Å²) in [6, 6.07) is 4.86. The molecule has 0 saturated carbocycles. The van der Waals surface area contributed by atoms with Crippen molar-refractivity contribution in [2.24, 2.45) is 10.8 Å². The molecule has 0 aliphatic carbocycles. The Morgan fingerprint density at radius 3 is 2.68 bits per heavy atom. The van der Waals surface area contributed by atoms with E-state index < -0.39 is 11.7 Å². The molecule has 4 nitrogen and oxygen atoms in total. The summed E-state index contributed by atoms with van der Waals surface area (Å²) in [7, 11) is 0. The lowest BCUT2D eigenvalue weighted by atomic mass is 10.2. The fourth-order valence-corrected chi connectivity index (χ4v) is 1.38. The van der Waals surface area contributed by atoms with E-state index in [1.54, 1.807) is 0 Å². The van der Waals surface area contributed by atoms with Crippen molar-refractivity contribution < 1.29 is 13.2 Å². The van der Waals surface area contributed by atoms with Gasteiger partial charge in [-0.2, -0.15) is 13.2 Å². The first kappa shape index (κ1) is 15.3. The Bertz CT molecular complexity index is 429. The van der Waals surface area contributed by atoms with E-state index >= 15 is 0 Å². The van der Waals surface area contributed by atoms with Gasteiger partial charge in [0.1, 0.15) is 0 Å². The van der Waals surface area contributed by atoms with Gasteiger partial charge in [-0.3, -0.25) is 10.4 Å². The quantitative estimate of drug-likeness (QED) is 0.260. The lowest BCUT2D eigenvalue weighted by Crippen LogP contribution is -2.36. The summed E-state index contributed by atoms with van der Waals surface area (Å²) in [5.41, 5.74) is 1.89. The van der Waals surface area contributed by atoms with E-state index in [0.29, 0.717) is 6.54 Å². The van der Waals surface area contributed by atoms with Gasteiger partial charge in [0.05, 0.1) is 5.56 Å². The van der Waals surface area contributed by atoms with Crippen molar-refractivity contribution in [3.8, 4) is 0 Å². The molecule has 19 heavy (non-hydrogen) atoms. The number of nitrogens with two attached hydrogens (primary N) is 1. The van der Waals surface area contributed by atoms with Gasteiger partial charge in [-0.15, -0.1) is 0 Å². The van der Waals surface area contributed by atoms with Crippen LogP contribution in [0.25, 0.3) is 0 Å². The molecular weight excluding hydrogens is 257 g/mol. The minimum atomic E-state index is -4.37. The van der Waals surface area contributed by atoms with E-state index in [1.165, 1.54) is 12.1 Å². The fraction of sp³-hybridized carbons (Fsp3) is 0.417. The summed E-state index contributed by atoms with van der Waals surface area (Å²) in [5.74, 6) is 5.50. The summed E-state index contributed by atoms with van der Waals surface area (Å²) in [5, 5.41) is 2.71. The Morgan fingerprint density at radius 2 is 2.11 bits per heavy atom. The van der Waals surface area contributed by atoms with Gasteiger partial charge in [-0.25, -0.2) is 5.84 Å². The highest BCUT2D eigenvalue weighted by atomic mass is 19.4. The van der Waals surface area contributed by atoms with Crippen molar-refractivity contribution >= 4 is 11.6 Å². The molecule has 1 aromatic carbocycles. The molecule has 1 rings (SSSR count). The molecule has 0 heterocycles. The second-order valence-electron chi connectivity index (χ2n) is 3.93. The molecule has 0 fully saturated rings. The number of nitrogens with one attached hydrogen (secondary N) is 2. The van der Waals surface area contributed by atoms with Crippen molar-refractivity contribution in [2.75, 3.05) is 11.9 Å². The van der Waals surface area contributed by atoms with Crippen LogP contribution < -0.4 is 16.6 Å². The molecule has 0 bridgehead atoms. The van der Waals surface area contributed by atoms with Gasteiger partial charge in [0.15, 0.2) is 0 Å². The predicted octanol–water partition coefficient (Wildman–Crippen LogP) is 2.74. The molecule has 0 spiro atoms. The zero-order valence-corrected chi connectivity index (χ0v) is 10.6. The standard InChI is InChI=1S/C12H17F3N4/c1-2-3-7-17-11(19-16)18-10-6-4-5-9(8-10)12(13,14)15/h4-6,8H,2-3,7,16H2,1H3,(H2,17,18,19). The summed E-state index contributed by atoms with van der Waals surface area (Å²) in [4.78, 5) is 4.11. The molecule has 0 aromatic heterocycles. The topological polar surface area (TPSA) is 62.4 Å². The third-order valence-corrected chi connectivity index (χ3v) is 2.37. The van der Waals surface area contributed by atoms with E-state index in [-0.39, 0.29) is 11.6 Å². The zero-order valence-electron chi connectivity index (χ0n) is 10.6. The number of anilines is 1. The highest BCUT2D eigenvalue weighted by Crippen LogP contribution is 2.30. The van der Waals surface area contributed by atoms with E-state index in [2.05, 4.69) is 15.7 Å². The first-order valence-corrected chi connectivity index (χ1v) is 5.92. The molecule has 0 atom stereocenters. The van der Waals surface area contributed by atoms with Crippen LogP contribution >= 0.6 is 0 Å². The van der Waals surface area contributed by atoms with Crippen LogP contribution in [0.1, 0.15) is 25.3 Å². The molecule has 0 aliphatic rings. The monoisotopic (exact) mass is 274 g/mol. The summed E-state index contributed by atoms with van der Waals surface area (Å²) in [6.45, 7) is 2.58. The van der Waals surface area contributed by atoms with Gasteiger partial charge in [0.25, 0.3) is 0 Å². The van der Waals surface area contributed by atoms with Gasteiger partial charge in [-0.1, -0.05) is 19.4 Å². The SMILES string of the molecule is CCCCN=C(NN)Nc1cccc(C(F)(F)F)c1. The molecule has 0 radical (unpaired) electrons. The Morgan fingerprint density at radius 1 is 1.37 bits per heavy atom. The minimum Gasteiger partial charge on any atom is -0.325 e. The Kier molecular flexibility index (Phi) is 5.62. The lowest BCUT2D eigenvalue weighted by Gasteiger charge is -2.12. The van der Waals surface area contributed by atoms with Gasteiger partial charge >= 0.3 is 6.18 Å². The number of hydrogen-bond acceptors (Lipinski definition) is 2. The van der Waals surface area contributed by atoms with Gasteiger partial charge in [0, 0.05) is 12.2 Å². The average Bonchev–Trinajstić information content (AvgIpc) is 2.37. The molecule has 0 aliphatic heterocycles. The summed E-state index contributed by atoms with van der Waals surface area (Å²) >= 11 is 0. The van der Waals surface area contributed by atoms with E-state index in [4.69, 9.17) is 5.84 Å². The first-order chi connectivity index (χ1) is 8.97. The Labute approximate surface area is 109 Å². The fourth-order valence-electron chi connectivity index (χ4n) is 1.38. The van der Waals surface area contributed by atoms with Crippen molar-refractivity contribution in [3.05, 3.63) is 29.8 Å². The van der Waals surface area contributed by atoms with Gasteiger partial charge in [-0.05, 0) is 24.6 Å². The van der Waals surface area contributed by atoms with Crippen molar-refractivity contribution in [1.29, 1.82) is 0 Å². The van der Waals surface area contributed by atoms with Crippen LogP contribution in [-0.2, 0) is 6.18 Å². The van der Waals surface area contributed by atoms with Crippen LogP contribution in [0, 0.1) is 0 Å². The molecule has 0 unspecified atom stereocenters. The second kappa shape index (κ2) is 6.98. The Hall–Kier alpha value is -1.76. The number of hydrogen-bond donors (Lipinski definition) is 3. The van der Waals surface area contributed by atoms with Crippen LogP contribution in [0.2, 0.25) is 0 Å². The van der Waals surface area contributed by atoms with Gasteiger partial charge < -0.3 is 5.32 Å². The molecule has 0 saturated heterocycles.